The maximum absolute atomic E-state index is 12.8. The number of anilines is 2. The molecule has 9 nitrogen and oxygen atoms in total. The average Bonchev–Trinajstić information content (AvgIpc) is 3.32. The lowest BCUT2D eigenvalue weighted by Crippen LogP contribution is -2.47. The van der Waals surface area contributed by atoms with Crippen LogP contribution in [0.1, 0.15) is 16.1 Å². The zero-order valence-corrected chi connectivity index (χ0v) is 18.5. The molecule has 0 bridgehead atoms. The number of nitrogens with zero attached hydrogens (tertiary/aromatic N) is 4. The SMILES string of the molecule is CN1CCN(C(=O)c2ccc(Nc3nc(CN)cc(-c4ccc5c(c4)OCO5)n3)cc2)CC1. The van der Waals surface area contributed by atoms with E-state index in [2.05, 4.69) is 27.2 Å². The van der Waals surface area contributed by atoms with Gasteiger partial charge in [-0.1, -0.05) is 0 Å². The van der Waals surface area contributed by atoms with Crippen molar-refractivity contribution in [1.29, 1.82) is 0 Å². The quantitative estimate of drug-likeness (QED) is 0.616. The van der Waals surface area contributed by atoms with Crippen LogP contribution in [0.3, 0.4) is 0 Å². The van der Waals surface area contributed by atoms with Crippen LogP contribution in [0.15, 0.2) is 48.5 Å². The predicted octanol–water partition coefficient (Wildman–Crippen LogP) is 2.46. The molecule has 3 aromatic rings. The number of carbonyl (C=O) groups excluding carboxylic acids is 1. The van der Waals surface area contributed by atoms with Crippen molar-refractivity contribution >= 4 is 17.5 Å². The number of hydrogen-bond acceptors (Lipinski definition) is 8. The number of likely N-dealkylation sites (N-methyl/N-ethyl adjacent to an activating group) is 1. The molecule has 2 aliphatic rings. The van der Waals surface area contributed by atoms with E-state index in [0.29, 0.717) is 23.0 Å². The van der Waals surface area contributed by atoms with Crippen LogP contribution >= 0.6 is 0 Å². The second kappa shape index (κ2) is 9.05. The van der Waals surface area contributed by atoms with E-state index < -0.39 is 0 Å². The second-order valence-corrected chi connectivity index (χ2v) is 8.14. The van der Waals surface area contributed by atoms with Gasteiger partial charge in [0.15, 0.2) is 11.5 Å². The Morgan fingerprint density at radius 2 is 1.76 bits per heavy atom. The molecule has 0 saturated carbocycles. The molecule has 2 aromatic carbocycles. The van der Waals surface area contributed by atoms with Crippen LogP contribution in [0, 0.1) is 0 Å². The number of nitrogens with one attached hydrogen (secondary N) is 1. The minimum Gasteiger partial charge on any atom is -0.454 e. The Labute approximate surface area is 192 Å². The summed E-state index contributed by atoms with van der Waals surface area (Å²) in [6.45, 7) is 3.79. The van der Waals surface area contributed by atoms with Crippen LogP contribution in [0.5, 0.6) is 11.5 Å². The number of hydrogen-bond donors (Lipinski definition) is 2. The molecular formula is C24H26N6O3. The maximum Gasteiger partial charge on any atom is 0.253 e. The Morgan fingerprint density at radius 3 is 2.52 bits per heavy atom. The fourth-order valence-corrected chi connectivity index (χ4v) is 3.88. The van der Waals surface area contributed by atoms with Gasteiger partial charge >= 0.3 is 0 Å². The molecule has 0 atom stereocenters. The van der Waals surface area contributed by atoms with Crippen LogP contribution in [0.25, 0.3) is 11.3 Å². The zero-order chi connectivity index (χ0) is 22.8. The van der Waals surface area contributed by atoms with Crippen LogP contribution < -0.4 is 20.5 Å². The highest BCUT2D eigenvalue weighted by molar-refractivity contribution is 5.94. The van der Waals surface area contributed by atoms with Crippen LogP contribution in [0.4, 0.5) is 11.6 Å². The molecule has 3 N–H and O–H groups in total. The van der Waals surface area contributed by atoms with Gasteiger partial charge in [0.2, 0.25) is 12.7 Å². The van der Waals surface area contributed by atoms with Gasteiger partial charge in [0.05, 0.1) is 11.4 Å². The molecule has 0 radical (unpaired) electrons. The Balaban J connectivity index is 1.33. The Kier molecular flexibility index (Phi) is 5.80. The smallest absolute Gasteiger partial charge is 0.253 e. The normalized spacial score (nSPS) is 15.5. The summed E-state index contributed by atoms with van der Waals surface area (Å²) in [7, 11) is 2.07. The van der Waals surface area contributed by atoms with Crippen LogP contribution in [0.2, 0.25) is 0 Å². The largest absolute Gasteiger partial charge is 0.454 e. The van der Waals surface area contributed by atoms with Crippen molar-refractivity contribution in [2.24, 2.45) is 5.73 Å². The van der Waals surface area contributed by atoms with E-state index in [1.165, 1.54) is 0 Å². The number of ether oxygens (including phenoxy) is 2. The van der Waals surface area contributed by atoms with Gasteiger partial charge in [0.25, 0.3) is 5.91 Å². The second-order valence-electron chi connectivity index (χ2n) is 8.14. The molecule has 1 aromatic heterocycles. The van der Waals surface area contributed by atoms with Crippen molar-refractivity contribution in [3.63, 3.8) is 0 Å². The average molecular weight is 447 g/mol. The number of aromatic nitrogens is 2. The number of fused-ring (bicyclic) bond motifs is 1. The van der Waals surface area contributed by atoms with Gasteiger partial charge in [-0.3, -0.25) is 4.79 Å². The number of rotatable bonds is 5. The Hall–Kier alpha value is -3.69. The van der Waals surface area contributed by atoms with Gasteiger partial charge in [-0.15, -0.1) is 0 Å². The molecule has 0 unspecified atom stereocenters. The first kappa shape index (κ1) is 21.2. The van der Waals surface area contributed by atoms with E-state index in [4.69, 9.17) is 15.2 Å². The molecule has 1 saturated heterocycles. The molecule has 3 heterocycles. The third kappa shape index (κ3) is 4.59. The van der Waals surface area contributed by atoms with E-state index in [-0.39, 0.29) is 19.2 Å². The first-order valence-corrected chi connectivity index (χ1v) is 10.9. The monoisotopic (exact) mass is 446 g/mol. The van der Waals surface area contributed by atoms with E-state index in [0.717, 1.165) is 48.9 Å². The lowest BCUT2D eigenvalue weighted by Gasteiger charge is -2.32. The number of carbonyl (C=O) groups is 1. The molecule has 0 spiro atoms. The highest BCUT2D eigenvalue weighted by Gasteiger charge is 2.20. The molecule has 5 rings (SSSR count). The fraction of sp³-hybridized carbons (Fsp3) is 0.292. The standard InChI is InChI=1S/C24H26N6O3/c1-29-8-10-30(11-9-29)23(31)16-2-5-18(6-3-16)26-24-27-19(14-25)13-20(28-24)17-4-7-21-22(12-17)33-15-32-21/h2-7,12-13H,8-11,14-15,25H2,1H3,(H,26,27,28). The summed E-state index contributed by atoms with van der Waals surface area (Å²) in [4.78, 5) is 26.1. The van der Waals surface area contributed by atoms with Crippen molar-refractivity contribution in [2.75, 3.05) is 45.3 Å². The topological polar surface area (TPSA) is 106 Å². The van der Waals surface area contributed by atoms with E-state index in [1.807, 2.05) is 53.4 Å². The summed E-state index contributed by atoms with van der Waals surface area (Å²) in [5.41, 5.74) is 9.65. The zero-order valence-electron chi connectivity index (χ0n) is 18.5. The first-order valence-electron chi connectivity index (χ1n) is 10.9. The minimum absolute atomic E-state index is 0.0566. The molecule has 33 heavy (non-hydrogen) atoms. The lowest BCUT2D eigenvalue weighted by atomic mass is 10.1. The lowest BCUT2D eigenvalue weighted by molar-refractivity contribution is 0.0664. The van der Waals surface area contributed by atoms with E-state index in [9.17, 15) is 4.79 Å². The molecule has 2 aliphatic heterocycles. The Morgan fingerprint density at radius 1 is 1.00 bits per heavy atom. The molecule has 1 fully saturated rings. The van der Waals surface area contributed by atoms with Gasteiger partial charge in [0.1, 0.15) is 0 Å². The van der Waals surface area contributed by atoms with Gasteiger partial charge in [-0.05, 0) is 55.6 Å². The van der Waals surface area contributed by atoms with Gasteiger partial charge in [-0.2, -0.15) is 0 Å². The van der Waals surface area contributed by atoms with Crippen molar-refractivity contribution < 1.29 is 14.3 Å². The number of benzene rings is 2. The Bertz CT molecular complexity index is 1160. The van der Waals surface area contributed by atoms with Crippen LogP contribution in [-0.2, 0) is 6.54 Å². The summed E-state index contributed by atoms with van der Waals surface area (Å²) < 4.78 is 10.9. The summed E-state index contributed by atoms with van der Waals surface area (Å²) in [6.07, 6.45) is 0. The van der Waals surface area contributed by atoms with Gasteiger partial charge in [-0.25, -0.2) is 9.97 Å². The predicted molar refractivity (Wildman–Crippen MR) is 125 cm³/mol. The van der Waals surface area contributed by atoms with Gasteiger partial charge in [0, 0.05) is 49.5 Å². The number of amides is 1. The summed E-state index contributed by atoms with van der Waals surface area (Å²) >= 11 is 0. The van der Waals surface area contributed by atoms with E-state index in [1.54, 1.807) is 0 Å². The first-order chi connectivity index (χ1) is 16.1. The van der Waals surface area contributed by atoms with Crippen molar-refractivity contribution in [2.45, 2.75) is 6.54 Å². The molecule has 9 heteroatoms. The summed E-state index contributed by atoms with van der Waals surface area (Å²) in [5, 5.41) is 3.23. The third-order valence-electron chi connectivity index (χ3n) is 5.84. The molecule has 1 amide bonds. The van der Waals surface area contributed by atoms with Crippen LogP contribution in [-0.4, -0.2) is 65.7 Å². The number of piperazine rings is 1. The van der Waals surface area contributed by atoms with Crippen molar-refractivity contribution in [3.8, 4) is 22.8 Å². The molecular weight excluding hydrogens is 420 g/mol. The van der Waals surface area contributed by atoms with Crippen molar-refractivity contribution in [3.05, 3.63) is 59.8 Å². The summed E-state index contributed by atoms with van der Waals surface area (Å²) in [5.74, 6) is 1.90. The highest BCUT2D eigenvalue weighted by Crippen LogP contribution is 2.35. The summed E-state index contributed by atoms with van der Waals surface area (Å²) in [6, 6.07) is 14.9. The van der Waals surface area contributed by atoms with E-state index >= 15 is 0 Å². The molecule has 170 valence electrons. The maximum atomic E-state index is 12.8. The van der Waals surface area contributed by atoms with Crippen molar-refractivity contribution in [1.82, 2.24) is 19.8 Å². The highest BCUT2D eigenvalue weighted by atomic mass is 16.7. The fourth-order valence-electron chi connectivity index (χ4n) is 3.88. The van der Waals surface area contributed by atoms with Gasteiger partial charge < -0.3 is 30.3 Å². The third-order valence-corrected chi connectivity index (χ3v) is 5.84. The molecule has 0 aliphatic carbocycles. The number of nitrogens with two attached hydrogens (primary N) is 1. The minimum atomic E-state index is 0.0566.